The van der Waals surface area contributed by atoms with Crippen molar-refractivity contribution in [3.63, 3.8) is 0 Å². The SMILES string of the molecule is CCCCC[C@@H](O)[C@H](C)C(=O)O[C@H](c1ccccc1)[C@H](C)N(Cc1ccccc1C)Cc1c(C)cc(C)cc1C. The van der Waals surface area contributed by atoms with Crippen LogP contribution in [0, 0.1) is 33.6 Å². The third-order valence-corrected chi connectivity index (χ3v) is 8.27. The molecule has 3 rings (SSSR count). The number of aryl methyl sites for hydroxylation is 4. The number of hydrogen-bond acceptors (Lipinski definition) is 4. The number of carbonyl (C=O) groups is 1. The Labute approximate surface area is 242 Å². The van der Waals surface area contributed by atoms with Gasteiger partial charge in [0.05, 0.1) is 12.0 Å². The van der Waals surface area contributed by atoms with Crippen LogP contribution in [-0.4, -0.2) is 28.1 Å². The van der Waals surface area contributed by atoms with Crippen LogP contribution in [0.25, 0.3) is 0 Å². The summed E-state index contributed by atoms with van der Waals surface area (Å²) in [4.78, 5) is 15.9. The molecular weight excluding hydrogens is 494 g/mol. The lowest BCUT2D eigenvalue weighted by Gasteiger charge is -2.36. The van der Waals surface area contributed by atoms with Crippen molar-refractivity contribution in [2.45, 2.75) is 105 Å². The Morgan fingerprint density at radius 1 is 0.850 bits per heavy atom. The second kappa shape index (κ2) is 15.2. The lowest BCUT2D eigenvalue weighted by atomic mass is 9.95. The van der Waals surface area contributed by atoms with E-state index in [0.717, 1.165) is 37.9 Å². The quantitative estimate of drug-likeness (QED) is 0.165. The molecule has 0 amide bonds. The maximum absolute atomic E-state index is 13.4. The average Bonchev–Trinajstić information content (AvgIpc) is 2.93. The molecule has 0 saturated heterocycles. The second-order valence-electron chi connectivity index (χ2n) is 11.6. The van der Waals surface area contributed by atoms with Crippen LogP contribution in [0.2, 0.25) is 0 Å². The van der Waals surface area contributed by atoms with Gasteiger partial charge in [0.25, 0.3) is 0 Å². The van der Waals surface area contributed by atoms with Crippen LogP contribution in [-0.2, 0) is 22.6 Å². The monoisotopic (exact) mass is 543 g/mol. The van der Waals surface area contributed by atoms with E-state index in [0.29, 0.717) is 6.42 Å². The van der Waals surface area contributed by atoms with E-state index in [4.69, 9.17) is 4.74 Å². The van der Waals surface area contributed by atoms with E-state index in [9.17, 15) is 9.90 Å². The summed E-state index contributed by atoms with van der Waals surface area (Å²) in [5.41, 5.74) is 8.59. The maximum atomic E-state index is 13.4. The first-order valence-electron chi connectivity index (χ1n) is 14.9. The van der Waals surface area contributed by atoms with Gasteiger partial charge in [-0.25, -0.2) is 0 Å². The van der Waals surface area contributed by atoms with Gasteiger partial charge >= 0.3 is 5.97 Å². The molecule has 0 aliphatic heterocycles. The molecule has 216 valence electrons. The first-order valence-corrected chi connectivity index (χ1v) is 14.9. The largest absolute Gasteiger partial charge is 0.456 e. The van der Waals surface area contributed by atoms with Crippen molar-refractivity contribution < 1.29 is 14.6 Å². The number of esters is 1. The third-order valence-electron chi connectivity index (χ3n) is 8.27. The molecule has 0 saturated carbocycles. The zero-order valence-electron chi connectivity index (χ0n) is 25.6. The van der Waals surface area contributed by atoms with E-state index in [-0.39, 0.29) is 12.0 Å². The highest BCUT2D eigenvalue weighted by Gasteiger charge is 2.32. The first-order chi connectivity index (χ1) is 19.1. The number of rotatable bonds is 14. The van der Waals surface area contributed by atoms with E-state index >= 15 is 0 Å². The van der Waals surface area contributed by atoms with Gasteiger partial charge in [-0.15, -0.1) is 0 Å². The van der Waals surface area contributed by atoms with Crippen molar-refractivity contribution in [3.05, 3.63) is 106 Å². The topological polar surface area (TPSA) is 49.8 Å². The van der Waals surface area contributed by atoms with E-state index in [1.165, 1.54) is 33.4 Å². The Bertz CT molecular complexity index is 1200. The standard InChI is InChI=1S/C36H49NO3/c1-8-9-11-20-34(38)29(6)36(39)40-35(31-17-12-10-13-18-31)30(7)37(23-32-19-15-14-16-26(32)3)24-33-27(4)21-25(2)22-28(33)5/h10,12-19,21-22,29-30,34-35,38H,8-9,11,20,23-24H2,1-7H3/t29-,30-,34+,35-/m0/s1. The Kier molecular flexibility index (Phi) is 12.0. The van der Waals surface area contributed by atoms with E-state index in [1.54, 1.807) is 6.92 Å². The first kappa shape index (κ1) is 31.6. The summed E-state index contributed by atoms with van der Waals surface area (Å²) < 4.78 is 6.31. The van der Waals surface area contributed by atoms with Crippen LogP contribution in [0.15, 0.2) is 66.7 Å². The van der Waals surface area contributed by atoms with Gasteiger partial charge in [-0.3, -0.25) is 9.69 Å². The zero-order valence-corrected chi connectivity index (χ0v) is 25.6. The van der Waals surface area contributed by atoms with Gasteiger partial charge in [-0.05, 0) is 81.3 Å². The van der Waals surface area contributed by atoms with Gasteiger partial charge in [0.2, 0.25) is 0 Å². The summed E-state index contributed by atoms with van der Waals surface area (Å²) in [6, 6.07) is 22.9. The van der Waals surface area contributed by atoms with Crippen LogP contribution in [0.5, 0.6) is 0 Å². The smallest absolute Gasteiger partial charge is 0.311 e. The molecule has 4 nitrogen and oxygen atoms in total. The van der Waals surface area contributed by atoms with Crippen molar-refractivity contribution in [1.82, 2.24) is 4.90 Å². The molecule has 4 heteroatoms. The Morgan fingerprint density at radius 3 is 2.10 bits per heavy atom. The molecule has 3 aromatic rings. The number of unbranched alkanes of at least 4 members (excludes halogenated alkanes) is 2. The molecule has 0 heterocycles. The normalized spacial score (nSPS) is 14.5. The van der Waals surface area contributed by atoms with Crippen LogP contribution in [0.4, 0.5) is 0 Å². The fourth-order valence-corrected chi connectivity index (χ4v) is 5.53. The minimum atomic E-state index is -0.702. The van der Waals surface area contributed by atoms with E-state index in [2.05, 4.69) is 82.8 Å². The average molecular weight is 544 g/mol. The van der Waals surface area contributed by atoms with Gasteiger partial charge < -0.3 is 9.84 Å². The molecule has 40 heavy (non-hydrogen) atoms. The summed E-state index contributed by atoms with van der Waals surface area (Å²) in [7, 11) is 0. The summed E-state index contributed by atoms with van der Waals surface area (Å²) in [6.07, 6.45) is 2.47. The summed E-state index contributed by atoms with van der Waals surface area (Å²) >= 11 is 0. The van der Waals surface area contributed by atoms with Crippen molar-refractivity contribution in [2.24, 2.45) is 5.92 Å². The van der Waals surface area contributed by atoms with Crippen LogP contribution < -0.4 is 0 Å². The van der Waals surface area contributed by atoms with Crippen molar-refractivity contribution in [1.29, 1.82) is 0 Å². The van der Waals surface area contributed by atoms with Gasteiger partial charge in [0.1, 0.15) is 6.10 Å². The van der Waals surface area contributed by atoms with Gasteiger partial charge in [-0.1, -0.05) is 98.5 Å². The number of aliphatic hydroxyl groups excluding tert-OH is 1. The zero-order chi connectivity index (χ0) is 29.2. The molecule has 0 radical (unpaired) electrons. The molecule has 4 atom stereocenters. The molecule has 1 N–H and O–H groups in total. The van der Waals surface area contributed by atoms with Gasteiger partial charge in [-0.2, -0.15) is 0 Å². The van der Waals surface area contributed by atoms with Gasteiger partial charge in [0, 0.05) is 19.1 Å². The van der Waals surface area contributed by atoms with Gasteiger partial charge in [0.15, 0.2) is 0 Å². The highest BCUT2D eigenvalue weighted by molar-refractivity contribution is 5.73. The summed E-state index contributed by atoms with van der Waals surface area (Å²) in [6.45, 7) is 16.2. The molecule has 3 aromatic carbocycles. The maximum Gasteiger partial charge on any atom is 0.311 e. The number of carbonyl (C=O) groups excluding carboxylic acids is 1. The molecule has 0 aliphatic rings. The molecule has 0 fully saturated rings. The minimum Gasteiger partial charge on any atom is -0.456 e. The molecule has 0 spiro atoms. The fraction of sp³-hybridized carbons (Fsp3) is 0.472. The molecule has 0 unspecified atom stereocenters. The number of aliphatic hydroxyl groups is 1. The lowest BCUT2D eigenvalue weighted by molar-refractivity contribution is -0.161. The molecule has 0 aliphatic carbocycles. The summed E-state index contributed by atoms with van der Waals surface area (Å²) in [5, 5.41) is 10.7. The molecule has 0 aromatic heterocycles. The predicted molar refractivity (Wildman–Crippen MR) is 165 cm³/mol. The second-order valence-corrected chi connectivity index (χ2v) is 11.6. The third kappa shape index (κ3) is 8.52. The van der Waals surface area contributed by atoms with E-state index < -0.39 is 18.1 Å². The van der Waals surface area contributed by atoms with Crippen LogP contribution in [0.3, 0.4) is 0 Å². The Hall–Kier alpha value is -2.95. The lowest BCUT2D eigenvalue weighted by Crippen LogP contribution is -2.40. The Morgan fingerprint density at radius 2 is 1.48 bits per heavy atom. The fourth-order valence-electron chi connectivity index (χ4n) is 5.53. The highest BCUT2D eigenvalue weighted by atomic mass is 16.5. The van der Waals surface area contributed by atoms with Crippen molar-refractivity contribution in [2.75, 3.05) is 0 Å². The molecule has 0 bridgehead atoms. The van der Waals surface area contributed by atoms with Crippen molar-refractivity contribution in [3.8, 4) is 0 Å². The van der Waals surface area contributed by atoms with Crippen molar-refractivity contribution >= 4 is 5.97 Å². The van der Waals surface area contributed by atoms with Crippen LogP contribution >= 0.6 is 0 Å². The number of nitrogens with zero attached hydrogens (tertiary/aromatic N) is 1. The summed E-state index contributed by atoms with van der Waals surface area (Å²) in [5.74, 6) is -0.926. The minimum absolute atomic E-state index is 0.115. The predicted octanol–water partition coefficient (Wildman–Crippen LogP) is 8.17. The highest BCUT2D eigenvalue weighted by Crippen LogP contribution is 2.31. The number of hydrogen-bond donors (Lipinski definition) is 1. The molecular formula is C36H49NO3. The number of ether oxygens (including phenoxy) is 1. The Balaban J connectivity index is 1.96. The van der Waals surface area contributed by atoms with Crippen LogP contribution in [0.1, 0.15) is 91.5 Å². The van der Waals surface area contributed by atoms with E-state index in [1.807, 2.05) is 30.3 Å². The number of benzene rings is 3.